The fraction of sp³-hybridized carbons (Fsp3) is 0.440. The van der Waals surface area contributed by atoms with E-state index in [2.05, 4.69) is 62.4 Å². The zero-order valence-corrected chi connectivity index (χ0v) is 19.5. The van der Waals surface area contributed by atoms with Crippen molar-refractivity contribution in [2.45, 2.75) is 48.0 Å². The monoisotopic (exact) mass is 407 g/mol. The second kappa shape index (κ2) is 8.50. The second-order valence-corrected chi connectivity index (χ2v) is 8.12. The Morgan fingerprint density at radius 3 is 2.30 bits per heavy atom. The zero-order valence-electron chi connectivity index (χ0n) is 19.5. The maximum Gasteiger partial charge on any atom is 0.341 e. The molecule has 0 unspecified atom stereocenters. The summed E-state index contributed by atoms with van der Waals surface area (Å²) in [5.74, 6) is -0.336. The molecule has 0 saturated heterocycles. The van der Waals surface area contributed by atoms with Crippen LogP contribution in [0.15, 0.2) is 18.3 Å². The minimum atomic E-state index is -0.336. The van der Waals surface area contributed by atoms with Gasteiger partial charge in [-0.15, -0.1) is 0 Å². The number of methoxy groups -OCH3 is 1. The summed E-state index contributed by atoms with van der Waals surface area (Å²) < 4.78 is 7.25. The fourth-order valence-electron chi connectivity index (χ4n) is 4.66. The zero-order chi connectivity index (χ0) is 22.2. The van der Waals surface area contributed by atoms with E-state index in [9.17, 15) is 4.79 Å². The van der Waals surface area contributed by atoms with Gasteiger partial charge in [-0.05, 0) is 57.7 Å². The summed E-state index contributed by atoms with van der Waals surface area (Å²) in [6.07, 6.45) is 3.14. The first-order valence-electron chi connectivity index (χ1n) is 10.7. The van der Waals surface area contributed by atoms with Crippen LogP contribution in [0, 0.1) is 27.7 Å². The van der Waals surface area contributed by atoms with Gasteiger partial charge in [0.1, 0.15) is 5.56 Å². The van der Waals surface area contributed by atoms with Gasteiger partial charge in [0.05, 0.1) is 29.5 Å². The highest BCUT2D eigenvalue weighted by molar-refractivity contribution is 6.09. The van der Waals surface area contributed by atoms with Crippen molar-refractivity contribution in [2.75, 3.05) is 25.1 Å². The standard InChI is InChI=1S/C25H33N3O2/c1-9-11-28(10-2)23-21(25(29)30-8)18(6)26-22-19(14-27(7)24(22)23)20-16(4)12-15(3)13-17(20)5/h12-14H,9-11H2,1-8H3. The molecule has 0 fully saturated rings. The lowest BCUT2D eigenvalue weighted by atomic mass is 9.94. The van der Waals surface area contributed by atoms with Crippen molar-refractivity contribution in [3.05, 3.63) is 46.3 Å². The molecule has 0 aliphatic rings. The molecular weight excluding hydrogens is 374 g/mol. The minimum Gasteiger partial charge on any atom is -0.465 e. The van der Waals surface area contributed by atoms with Crippen molar-refractivity contribution in [1.29, 1.82) is 0 Å². The van der Waals surface area contributed by atoms with Gasteiger partial charge in [-0.1, -0.05) is 24.6 Å². The first kappa shape index (κ1) is 21.9. The molecule has 0 saturated carbocycles. The molecular formula is C25H33N3O2. The number of ether oxygens (including phenoxy) is 1. The highest BCUT2D eigenvalue weighted by Gasteiger charge is 2.27. The van der Waals surface area contributed by atoms with E-state index in [1.165, 1.54) is 29.4 Å². The Labute approximate surface area is 179 Å². The number of carbonyl (C=O) groups excluding carboxylic acids is 1. The van der Waals surface area contributed by atoms with E-state index in [1.54, 1.807) is 0 Å². The van der Waals surface area contributed by atoms with Crippen LogP contribution >= 0.6 is 0 Å². The number of benzene rings is 1. The van der Waals surface area contributed by atoms with E-state index in [0.717, 1.165) is 41.8 Å². The van der Waals surface area contributed by atoms with E-state index in [0.29, 0.717) is 11.3 Å². The van der Waals surface area contributed by atoms with Crippen molar-refractivity contribution in [1.82, 2.24) is 9.55 Å². The van der Waals surface area contributed by atoms with Gasteiger partial charge in [0.15, 0.2) is 0 Å². The van der Waals surface area contributed by atoms with Crippen LogP contribution in [0.5, 0.6) is 0 Å². The predicted molar refractivity (Wildman–Crippen MR) is 125 cm³/mol. The van der Waals surface area contributed by atoms with E-state index < -0.39 is 0 Å². The highest BCUT2D eigenvalue weighted by Crippen LogP contribution is 2.40. The molecule has 2 heterocycles. The summed E-state index contributed by atoms with van der Waals surface area (Å²) >= 11 is 0. The van der Waals surface area contributed by atoms with Crippen molar-refractivity contribution in [2.24, 2.45) is 7.05 Å². The van der Waals surface area contributed by atoms with Crippen LogP contribution in [0.25, 0.3) is 22.2 Å². The van der Waals surface area contributed by atoms with Crippen LogP contribution in [0.2, 0.25) is 0 Å². The summed E-state index contributed by atoms with van der Waals surface area (Å²) in [4.78, 5) is 20.0. The first-order valence-corrected chi connectivity index (χ1v) is 10.7. The molecule has 0 bridgehead atoms. The molecule has 30 heavy (non-hydrogen) atoms. The SMILES string of the molecule is CCCN(CC)c1c(C(=O)OC)c(C)nc2c(-c3c(C)cc(C)cc3C)cn(C)c12. The lowest BCUT2D eigenvalue weighted by molar-refractivity contribution is 0.0600. The van der Waals surface area contributed by atoms with Crippen molar-refractivity contribution < 1.29 is 9.53 Å². The van der Waals surface area contributed by atoms with Gasteiger partial charge in [-0.3, -0.25) is 0 Å². The molecule has 0 aliphatic carbocycles. The molecule has 5 heteroatoms. The Balaban J connectivity index is 2.45. The number of hydrogen-bond donors (Lipinski definition) is 0. The number of esters is 1. The topological polar surface area (TPSA) is 47.4 Å². The molecule has 2 aromatic heterocycles. The smallest absolute Gasteiger partial charge is 0.341 e. The van der Waals surface area contributed by atoms with E-state index >= 15 is 0 Å². The van der Waals surface area contributed by atoms with Gasteiger partial charge in [0, 0.05) is 31.9 Å². The number of hydrogen-bond acceptors (Lipinski definition) is 4. The third-order valence-corrected chi connectivity index (χ3v) is 5.78. The predicted octanol–water partition coefficient (Wildman–Crippen LogP) is 5.50. The lowest BCUT2D eigenvalue weighted by Gasteiger charge is -2.26. The highest BCUT2D eigenvalue weighted by atomic mass is 16.5. The van der Waals surface area contributed by atoms with Crippen LogP contribution in [-0.4, -0.2) is 35.7 Å². The van der Waals surface area contributed by atoms with Gasteiger partial charge >= 0.3 is 5.97 Å². The largest absolute Gasteiger partial charge is 0.465 e. The molecule has 0 radical (unpaired) electrons. The maximum absolute atomic E-state index is 12.8. The van der Waals surface area contributed by atoms with Crippen molar-refractivity contribution in [3.63, 3.8) is 0 Å². The number of rotatable bonds is 6. The molecule has 3 rings (SSSR count). The number of aryl methyl sites for hydroxylation is 5. The Hall–Kier alpha value is -2.82. The molecule has 160 valence electrons. The lowest BCUT2D eigenvalue weighted by Crippen LogP contribution is -2.27. The quantitative estimate of drug-likeness (QED) is 0.507. The minimum absolute atomic E-state index is 0.336. The third-order valence-electron chi connectivity index (χ3n) is 5.78. The molecule has 0 aliphatic heterocycles. The molecule has 0 amide bonds. The van der Waals surface area contributed by atoms with E-state index in [1.807, 2.05) is 14.0 Å². The normalized spacial score (nSPS) is 11.2. The van der Waals surface area contributed by atoms with Crippen molar-refractivity contribution >= 4 is 22.7 Å². The van der Waals surface area contributed by atoms with Gasteiger partial charge in [-0.2, -0.15) is 0 Å². The molecule has 0 spiro atoms. The molecule has 3 aromatic rings. The average Bonchev–Trinajstić information content (AvgIpc) is 2.99. The molecule has 5 nitrogen and oxygen atoms in total. The van der Waals surface area contributed by atoms with Gasteiger partial charge in [-0.25, -0.2) is 9.78 Å². The molecule has 0 atom stereocenters. The van der Waals surface area contributed by atoms with Gasteiger partial charge < -0.3 is 14.2 Å². The first-order chi connectivity index (χ1) is 14.2. The van der Waals surface area contributed by atoms with Gasteiger partial charge in [0.2, 0.25) is 0 Å². The van der Waals surface area contributed by atoms with E-state index in [4.69, 9.17) is 9.72 Å². The van der Waals surface area contributed by atoms with Crippen LogP contribution in [-0.2, 0) is 11.8 Å². The maximum atomic E-state index is 12.8. The Morgan fingerprint density at radius 2 is 1.77 bits per heavy atom. The van der Waals surface area contributed by atoms with Crippen LogP contribution in [0.1, 0.15) is 53.0 Å². The number of fused-ring (bicyclic) bond motifs is 1. The third kappa shape index (κ3) is 3.57. The number of aromatic nitrogens is 2. The van der Waals surface area contributed by atoms with Gasteiger partial charge in [0.25, 0.3) is 0 Å². The Morgan fingerprint density at radius 1 is 1.13 bits per heavy atom. The number of pyridine rings is 1. The second-order valence-electron chi connectivity index (χ2n) is 8.12. The molecule has 0 N–H and O–H groups in total. The Bertz CT molecular complexity index is 1090. The van der Waals surface area contributed by atoms with Crippen molar-refractivity contribution in [3.8, 4) is 11.1 Å². The summed E-state index contributed by atoms with van der Waals surface area (Å²) in [7, 11) is 3.47. The number of anilines is 1. The summed E-state index contributed by atoms with van der Waals surface area (Å²) in [6, 6.07) is 4.43. The summed E-state index contributed by atoms with van der Waals surface area (Å²) in [6.45, 7) is 14.3. The average molecular weight is 408 g/mol. The van der Waals surface area contributed by atoms with Crippen LogP contribution in [0.3, 0.4) is 0 Å². The van der Waals surface area contributed by atoms with Crippen LogP contribution < -0.4 is 4.90 Å². The molecule has 1 aromatic carbocycles. The van der Waals surface area contributed by atoms with Crippen LogP contribution in [0.4, 0.5) is 5.69 Å². The summed E-state index contributed by atoms with van der Waals surface area (Å²) in [5, 5.41) is 0. The Kier molecular flexibility index (Phi) is 6.20. The number of carbonyl (C=O) groups is 1. The number of nitrogens with zero attached hydrogens (tertiary/aromatic N) is 3. The summed E-state index contributed by atoms with van der Waals surface area (Å²) in [5.41, 5.74) is 10.1. The fourth-order valence-corrected chi connectivity index (χ4v) is 4.66. The van der Waals surface area contributed by atoms with E-state index in [-0.39, 0.29) is 5.97 Å².